The van der Waals surface area contributed by atoms with Gasteiger partial charge in [0, 0.05) is 10.6 Å². The fourth-order valence-corrected chi connectivity index (χ4v) is 1.64. The number of aryl methyl sites for hydroxylation is 1. The normalized spacial score (nSPS) is 10.3. The molecule has 0 saturated carbocycles. The minimum Gasteiger partial charge on any atom is -0.206 e. The van der Waals surface area contributed by atoms with Crippen LogP contribution in [0.3, 0.4) is 0 Å². The first kappa shape index (κ1) is 10.2. The zero-order chi connectivity index (χ0) is 10.8. The molecule has 0 aromatic heterocycles. The molecule has 0 bridgehead atoms. The first-order valence-corrected chi connectivity index (χ1v) is 5.07. The summed E-state index contributed by atoms with van der Waals surface area (Å²) < 4.78 is 13.5. The highest BCUT2D eigenvalue weighted by atomic mass is 35.5. The monoisotopic (exact) mass is 220 g/mol. The molecule has 0 nitrogen and oxygen atoms in total. The van der Waals surface area contributed by atoms with Gasteiger partial charge < -0.3 is 0 Å². The van der Waals surface area contributed by atoms with Crippen LogP contribution in [0.4, 0.5) is 4.39 Å². The molecule has 0 aliphatic rings. The SMILES string of the molecule is Cc1ccc(-c2ccccc2F)cc1Cl. The van der Waals surface area contributed by atoms with Gasteiger partial charge in [0.05, 0.1) is 0 Å². The van der Waals surface area contributed by atoms with Crippen LogP contribution in [-0.4, -0.2) is 0 Å². The van der Waals surface area contributed by atoms with E-state index >= 15 is 0 Å². The van der Waals surface area contributed by atoms with E-state index in [0.717, 1.165) is 11.1 Å². The Bertz CT molecular complexity index is 492. The summed E-state index contributed by atoms with van der Waals surface area (Å²) in [5, 5.41) is 0.663. The number of benzene rings is 2. The van der Waals surface area contributed by atoms with Crippen LogP contribution in [-0.2, 0) is 0 Å². The second-order valence-electron chi connectivity index (χ2n) is 3.44. The van der Waals surface area contributed by atoms with Gasteiger partial charge in [-0.15, -0.1) is 0 Å². The third kappa shape index (κ3) is 2.02. The second kappa shape index (κ2) is 4.03. The number of hydrogen-bond acceptors (Lipinski definition) is 0. The van der Waals surface area contributed by atoms with Gasteiger partial charge in [-0.2, -0.15) is 0 Å². The van der Waals surface area contributed by atoms with Crippen LogP contribution < -0.4 is 0 Å². The van der Waals surface area contributed by atoms with Crippen molar-refractivity contribution in [3.8, 4) is 11.1 Å². The molecule has 0 fully saturated rings. The number of hydrogen-bond donors (Lipinski definition) is 0. The first-order valence-electron chi connectivity index (χ1n) is 4.69. The zero-order valence-corrected chi connectivity index (χ0v) is 9.05. The maximum atomic E-state index is 13.5. The Kier molecular flexibility index (Phi) is 2.74. The van der Waals surface area contributed by atoms with E-state index in [1.54, 1.807) is 18.2 Å². The Morgan fingerprint density at radius 2 is 1.80 bits per heavy atom. The average Bonchev–Trinajstić information content (AvgIpc) is 2.23. The molecule has 15 heavy (non-hydrogen) atoms. The topological polar surface area (TPSA) is 0 Å². The predicted molar refractivity (Wildman–Crippen MR) is 61.6 cm³/mol. The summed E-state index contributed by atoms with van der Waals surface area (Å²) in [4.78, 5) is 0. The summed E-state index contributed by atoms with van der Waals surface area (Å²) in [5.74, 6) is -0.225. The van der Waals surface area contributed by atoms with Crippen molar-refractivity contribution in [3.63, 3.8) is 0 Å². The van der Waals surface area contributed by atoms with Gasteiger partial charge in [-0.05, 0) is 30.2 Å². The van der Waals surface area contributed by atoms with Crippen LogP contribution in [0, 0.1) is 12.7 Å². The summed E-state index contributed by atoms with van der Waals surface area (Å²) in [6.45, 7) is 1.92. The van der Waals surface area contributed by atoms with Crippen molar-refractivity contribution < 1.29 is 4.39 Å². The van der Waals surface area contributed by atoms with Gasteiger partial charge >= 0.3 is 0 Å². The van der Waals surface area contributed by atoms with Crippen molar-refractivity contribution in [2.75, 3.05) is 0 Å². The number of halogens is 2. The molecule has 0 amide bonds. The molecule has 0 N–H and O–H groups in total. The first-order chi connectivity index (χ1) is 7.18. The molecule has 0 aliphatic carbocycles. The second-order valence-corrected chi connectivity index (χ2v) is 3.85. The fraction of sp³-hybridized carbons (Fsp3) is 0.0769. The van der Waals surface area contributed by atoms with E-state index < -0.39 is 0 Å². The lowest BCUT2D eigenvalue weighted by atomic mass is 10.0. The summed E-state index contributed by atoms with van der Waals surface area (Å²) in [6, 6.07) is 12.2. The summed E-state index contributed by atoms with van der Waals surface area (Å²) in [6.07, 6.45) is 0. The minimum atomic E-state index is -0.225. The summed E-state index contributed by atoms with van der Waals surface area (Å²) in [5.41, 5.74) is 2.39. The molecule has 2 rings (SSSR count). The molecule has 2 heteroatoms. The third-order valence-corrected chi connectivity index (χ3v) is 2.76. The van der Waals surface area contributed by atoms with Crippen LogP contribution in [0.1, 0.15) is 5.56 Å². The molecular formula is C13H10ClF. The molecule has 0 saturated heterocycles. The molecule has 2 aromatic carbocycles. The van der Waals surface area contributed by atoms with E-state index in [0.29, 0.717) is 10.6 Å². The van der Waals surface area contributed by atoms with Gasteiger partial charge in [-0.3, -0.25) is 0 Å². The van der Waals surface area contributed by atoms with E-state index in [-0.39, 0.29) is 5.82 Å². The average molecular weight is 221 g/mol. The standard InChI is InChI=1S/C13H10ClF/c1-9-6-7-10(8-12(9)14)11-4-2-3-5-13(11)15/h2-8H,1H3. The summed E-state index contributed by atoms with van der Waals surface area (Å²) >= 11 is 5.99. The Labute approximate surface area is 93.3 Å². The molecule has 0 aliphatic heterocycles. The van der Waals surface area contributed by atoms with Crippen LogP contribution in [0.25, 0.3) is 11.1 Å². The Hall–Kier alpha value is -1.34. The highest BCUT2D eigenvalue weighted by molar-refractivity contribution is 6.31. The van der Waals surface area contributed by atoms with Crippen molar-refractivity contribution in [2.24, 2.45) is 0 Å². The highest BCUT2D eigenvalue weighted by Crippen LogP contribution is 2.26. The number of rotatable bonds is 1. The van der Waals surface area contributed by atoms with E-state index in [4.69, 9.17) is 11.6 Å². The van der Waals surface area contributed by atoms with Crippen LogP contribution in [0.5, 0.6) is 0 Å². The Balaban J connectivity index is 2.55. The van der Waals surface area contributed by atoms with Crippen LogP contribution >= 0.6 is 11.6 Å². The van der Waals surface area contributed by atoms with Crippen molar-refractivity contribution in [1.29, 1.82) is 0 Å². The molecule has 0 radical (unpaired) electrons. The molecule has 0 spiro atoms. The minimum absolute atomic E-state index is 0.225. The highest BCUT2D eigenvalue weighted by Gasteiger charge is 2.04. The van der Waals surface area contributed by atoms with E-state index in [2.05, 4.69) is 0 Å². The van der Waals surface area contributed by atoms with E-state index in [9.17, 15) is 4.39 Å². The van der Waals surface area contributed by atoms with Gasteiger partial charge in [0.2, 0.25) is 0 Å². The Morgan fingerprint density at radius 3 is 2.47 bits per heavy atom. The van der Waals surface area contributed by atoms with Gasteiger partial charge in [-0.1, -0.05) is 41.9 Å². The lowest BCUT2D eigenvalue weighted by Gasteiger charge is -2.05. The van der Waals surface area contributed by atoms with E-state index in [1.165, 1.54) is 6.07 Å². The molecule has 0 heterocycles. The van der Waals surface area contributed by atoms with Gasteiger partial charge in [0.1, 0.15) is 5.82 Å². The van der Waals surface area contributed by atoms with Gasteiger partial charge in [0.15, 0.2) is 0 Å². The molecule has 2 aromatic rings. The maximum Gasteiger partial charge on any atom is 0.131 e. The van der Waals surface area contributed by atoms with Crippen molar-refractivity contribution in [3.05, 3.63) is 58.9 Å². The zero-order valence-electron chi connectivity index (χ0n) is 8.30. The maximum absolute atomic E-state index is 13.5. The molecule has 0 unspecified atom stereocenters. The lowest BCUT2D eigenvalue weighted by molar-refractivity contribution is 0.631. The van der Waals surface area contributed by atoms with Crippen molar-refractivity contribution in [1.82, 2.24) is 0 Å². The predicted octanol–water partition coefficient (Wildman–Crippen LogP) is 4.45. The van der Waals surface area contributed by atoms with Gasteiger partial charge in [0.25, 0.3) is 0 Å². The smallest absolute Gasteiger partial charge is 0.131 e. The molecule has 0 atom stereocenters. The van der Waals surface area contributed by atoms with Gasteiger partial charge in [-0.25, -0.2) is 4.39 Å². The molecule has 76 valence electrons. The summed E-state index contributed by atoms with van der Waals surface area (Å²) in [7, 11) is 0. The van der Waals surface area contributed by atoms with Crippen LogP contribution in [0.2, 0.25) is 5.02 Å². The fourth-order valence-electron chi connectivity index (χ4n) is 1.46. The van der Waals surface area contributed by atoms with Crippen molar-refractivity contribution >= 4 is 11.6 Å². The van der Waals surface area contributed by atoms with Crippen molar-refractivity contribution in [2.45, 2.75) is 6.92 Å². The lowest BCUT2D eigenvalue weighted by Crippen LogP contribution is -1.84. The quantitative estimate of drug-likeness (QED) is 0.666. The van der Waals surface area contributed by atoms with Crippen LogP contribution in [0.15, 0.2) is 42.5 Å². The Morgan fingerprint density at radius 1 is 1.07 bits per heavy atom. The van der Waals surface area contributed by atoms with E-state index in [1.807, 2.05) is 25.1 Å². The molecular weight excluding hydrogens is 211 g/mol. The third-order valence-electron chi connectivity index (χ3n) is 2.36. The largest absolute Gasteiger partial charge is 0.206 e.